The molecule has 0 saturated carbocycles. The zero-order chi connectivity index (χ0) is 13.1. The van der Waals surface area contributed by atoms with Gasteiger partial charge in [0.2, 0.25) is 0 Å². The average molecular weight is 248 g/mol. The molecule has 1 aliphatic heterocycles. The molecule has 3 nitrogen and oxygen atoms in total. The molecule has 3 unspecified atom stereocenters. The summed E-state index contributed by atoms with van der Waals surface area (Å²) in [6, 6.07) is 8.44. The summed E-state index contributed by atoms with van der Waals surface area (Å²) in [5.74, 6) is 0.388. The van der Waals surface area contributed by atoms with Crippen LogP contribution in [0.5, 0.6) is 5.75 Å². The van der Waals surface area contributed by atoms with Gasteiger partial charge in [-0.15, -0.1) is 0 Å². The first-order valence-corrected chi connectivity index (χ1v) is 6.90. The maximum atomic E-state index is 9.98. The van der Waals surface area contributed by atoms with Crippen molar-refractivity contribution in [3.05, 3.63) is 29.8 Å². The zero-order valence-electron chi connectivity index (χ0n) is 11.3. The van der Waals surface area contributed by atoms with Crippen molar-refractivity contribution >= 4 is 0 Å². The second-order valence-corrected chi connectivity index (χ2v) is 5.39. The van der Waals surface area contributed by atoms with Crippen molar-refractivity contribution in [3.8, 4) is 5.75 Å². The quantitative estimate of drug-likeness (QED) is 0.864. The van der Waals surface area contributed by atoms with E-state index in [-0.39, 0.29) is 12.1 Å². The van der Waals surface area contributed by atoms with Gasteiger partial charge in [0, 0.05) is 23.7 Å². The molecule has 3 heteroatoms. The zero-order valence-corrected chi connectivity index (χ0v) is 11.3. The fraction of sp³-hybridized carbons (Fsp3) is 0.600. The van der Waals surface area contributed by atoms with E-state index in [4.69, 9.17) is 5.73 Å². The number of benzene rings is 1. The molecule has 18 heavy (non-hydrogen) atoms. The van der Waals surface area contributed by atoms with Gasteiger partial charge >= 0.3 is 0 Å². The molecule has 0 bridgehead atoms. The summed E-state index contributed by atoms with van der Waals surface area (Å²) in [4.78, 5) is 2.45. The highest BCUT2D eigenvalue weighted by Gasteiger charge is 2.30. The molecular weight excluding hydrogens is 224 g/mol. The van der Waals surface area contributed by atoms with E-state index in [0.717, 1.165) is 18.5 Å². The number of para-hydroxylation sites is 1. The summed E-state index contributed by atoms with van der Waals surface area (Å²) in [6.45, 7) is 5.32. The van der Waals surface area contributed by atoms with Gasteiger partial charge in [-0.3, -0.25) is 4.90 Å². The number of rotatable bonds is 3. The lowest BCUT2D eigenvalue weighted by atomic mass is 9.93. The molecule has 1 aromatic rings. The van der Waals surface area contributed by atoms with E-state index in [1.807, 2.05) is 18.2 Å². The van der Waals surface area contributed by atoms with E-state index in [0.29, 0.717) is 11.8 Å². The molecule has 100 valence electrons. The van der Waals surface area contributed by atoms with Crippen LogP contribution in [-0.4, -0.2) is 28.6 Å². The number of nitrogens with two attached hydrogens (primary N) is 1. The summed E-state index contributed by atoms with van der Waals surface area (Å²) in [6.07, 6.45) is 3.65. The van der Waals surface area contributed by atoms with Gasteiger partial charge in [-0.1, -0.05) is 24.6 Å². The van der Waals surface area contributed by atoms with Gasteiger partial charge in [0.15, 0.2) is 0 Å². The number of phenolic OH excluding ortho intramolecular Hbond substituents is 1. The topological polar surface area (TPSA) is 49.5 Å². The van der Waals surface area contributed by atoms with Gasteiger partial charge in [-0.2, -0.15) is 0 Å². The van der Waals surface area contributed by atoms with Crippen LogP contribution in [0.3, 0.4) is 0 Å². The van der Waals surface area contributed by atoms with Crippen LogP contribution in [0, 0.1) is 0 Å². The fourth-order valence-electron chi connectivity index (χ4n) is 3.04. The Bertz CT molecular complexity index is 392. The van der Waals surface area contributed by atoms with Crippen molar-refractivity contribution in [1.82, 2.24) is 4.90 Å². The van der Waals surface area contributed by atoms with E-state index in [1.54, 1.807) is 6.07 Å². The first-order chi connectivity index (χ1) is 8.61. The van der Waals surface area contributed by atoms with Crippen molar-refractivity contribution in [2.45, 2.75) is 51.2 Å². The van der Waals surface area contributed by atoms with Gasteiger partial charge in [0.05, 0.1) is 0 Å². The number of phenols is 1. The third kappa shape index (κ3) is 2.68. The Labute approximate surface area is 110 Å². The van der Waals surface area contributed by atoms with Gasteiger partial charge in [-0.05, 0) is 39.3 Å². The lowest BCUT2D eigenvalue weighted by molar-refractivity contribution is 0.0878. The molecule has 1 aliphatic rings. The summed E-state index contributed by atoms with van der Waals surface area (Å²) < 4.78 is 0. The molecule has 0 radical (unpaired) electrons. The second-order valence-electron chi connectivity index (χ2n) is 5.39. The summed E-state index contributed by atoms with van der Waals surface area (Å²) in [5.41, 5.74) is 7.11. The lowest BCUT2D eigenvalue weighted by Crippen LogP contribution is -2.49. The molecule has 1 saturated heterocycles. The summed E-state index contributed by atoms with van der Waals surface area (Å²) >= 11 is 0. The molecular formula is C15H24N2O. The minimum atomic E-state index is 0.179. The first kappa shape index (κ1) is 13.4. The van der Waals surface area contributed by atoms with Crippen LogP contribution in [0.15, 0.2) is 24.3 Å². The van der Waals surface area contributed by atoms with Crippen molar-refractivity contribution in [3.63, 3.8) is 0 Å². The normalized spacial score (nSPS) is 24.7. The third-order valence-corrected chi connectivity index (χ3v) is 4.08. The molecule has 3 N–H and O–H groups in total. The second kappa shape index (κ2) is 5.72. The van der Waals surface area contributed by atoms with Gasteiger partial charge in [0.1, 0.15) is 5.75 Å². The SMILES string of the molecule is CC(N)C1CCCCN1C(C)c1ccccc1O. The standard InChI is InChI=1S/C15H24N2O/c1-11(16)14-8-5-6-10-17(14)12(2)13-7-3-4-9-15(13)18/h3-4,7,9,11-12,14,18H,5-6,8,10,16H2,1-2H3. The Morgan fingerprint density at radius 2 is 2.00 bits per heavy atom. The molecule has 1 fully saturated rings. The maximum Gasteiger partial charge on any atom is 0.120 e. The summed E-state index contributed by atoms with van der Waals surface area (Å²) in [7, 11) is 0. The van der Waals surface area contributed by atoms with E-state index in [1.165, 1.54) is 12.8 Å². The van der Waals surface area contributed by atoms with E-state index in [9.17, 15) is 5.11 Å². The Hall–Kier alpha value is -1.06. The molecule has 0 aromatic heterocycles. The van der Waals surface area contributed by atoms with Crippen LogP contribution >= 0.6 is 0 Å². The molecule has 2 rings (SSSR count). The first-order valence-electron chi connectivity index (χ1n) is 6.90. The van der Waals surface area contributed by atoms with Crippen LogP contribution in [0.2, 0.25) is 0 Å². The van der Waals surface area contributed by atoms with E-state index >= 15 is 0 Å². The monoisotopic (exact) mass is 248 g/mol. The van der Waals surface area contributed by atoms with Crippen LogP contribution in [0.1, 0.15) is 44.7 Å². The molecule has 3 atom stereocenters. The van der Waals surface area contributed by atoms with Crippen LogP contribution in [0.4, 0.5) is 0 Å². The van der Waals surface area contributed by atoms with Crippen LogP contribution in [-0.2, 0) is 0 Å². The highest BCUT2D eigenvalue weighted by molar-refractivity contribution is 5.34. The average Bonchev–Trinajstić information content (AvgIpc) is 2.38. The maximum absolute atomic E-state index is 9.98. The highest BCUT2D eigenvalue weighted by atomic mass is 16.3. The number of piperidine rings is 1. The summed E-state index contributed by atoms with van der Waals surface area (Å²) in [5, 5.41) is 9.98. The smallest absolute Gasteiger partial charge is 0.120 e. The van der Waals surface area contributed by atoms with Gasteiger partial charge in [0.25, 0.3) is 0 Å². The van der Waals surface area contributed by atoms with Crippen molar-refractivity contribution < 1.29 is 5.11 Å². The number of hydrogen-bond acceptors (Lipinski definition) is 3. The Morgan fingerprint density at radius 1 is 1.28 bits per heavy atom. The largest absolute Gasteiger partial charge is 0.508 e. The molecule has 0 spiro atoms. The number of hydrogen-bond donors (Lipinski definition) is 2. The van der Waals surface area contributed by atoms with Crippen molar-refractivity contribution in [2.75, 3.05) is 6.54 Å². The molecule has 0 aliphatic carbocycles. The Balaban J connectivity index is 2.21. The van der Waals surface area contributed by atoms with E-state index < -0.39 is 0 Å². The lowest BCUT2D eigenvalue weighted by Gasteiger charge is -2.42. The Kier molecular flexibility index (Phi) is 4.25. The van der Waals surface area contributed by atoms with E-state index in [2.05, 4.69) is 18.7 Å². The molecule has 1 aromatic carbocycles. The third-order valence-electron chi connectivity index (χ3n) is 4.08. The minimum Gasteiger partial charge on any atom is -0.508 e. The fourth-order valence-corrected chi connectivity index (χ4v) is 3.04. The van der Waals surface area contributed by atoms with Crippen molar-refractivity contribution in [1.29, 1.82) is 0 Å². The van der Waals surface area contributed by atoms with Crippen LogP contribution in [0.25, 0.3) is 0 Å². The Morgan fingerprint density at radius 3 is 2.67 bits per heavy atom. The predicted molar refractivity (Wildman–Crippen MR) is 74.5 cm³/mol. The molecule has 0 amide bonds. The van der Waals surface area contributed by atoms with Crippen molar-refractivity contribution in [2.24, 2.45) is 5.73 Å². The van der Waals surface area contributed by atoms with Crippen LogP contribution < -0.4 is 5.73 Å². The number of likely N-dealkylation sites (tertiary alicyclic amines) is 1. The number of aromatic hydroxyl groups is 1. The molecule has 1 heterocycles. The predicted octanol–water partition coefficient (Wildman–Crippen LogP) is 2.65. The minimum absolute atomic E-state index is 0.179. The number of nitrogens with zero attached hydrogens (tertiary/aromatic N) is 1. The highest BCUT2D eigenvalue weighted by Crippen LogP contribution is 2.33. The van der Waals surface area contributed by atoms with Gasteiger partial charge in [-0.25, -0.2) is 0 Å². The van der Waals surface area contributed by atoms with Gasteiger partial charge < -0.3 is 10.8 Å².